The Hall–Kier alpha value is -4.49. The second-order valence-corrected chi connectivity index (χ2v) is 7.70. The lowest BCUT2D eigenvalue weighted by Crippen LogP contribution is -2.06. The first kappa shape index (κ1) is 23.7. The Morgan fingerprint density at radius 1 is 1.09 bits per heavy atom. The number of aliphatic hydroxyl groups excluding tert-OH is 1. The molecule has 178 valence electrons. The summed E-state index contributed by atoms with van der Waals surface area (Å²) in [5, 5.41) is 23.0. The number of aromatic nitrogens is 4. The molecule has 2 heterocycles. The van der Waals surface area contributed by atoms with Gasteiger partial charge < -0.3 is 20.3 Å². The molecule has 10 heteroatoms. The first-order chi connectivity index (χ1) is 17.0. The van der Waals surface area contributed by atoms with Gasteiger partial charge in [0.25, 0.3) is 0 Å². The zero-order chi connectivity index (χ0) is 24.8. The summed E-state index contributed by atoms with van der Waals surface area (Å²) < 4.78 is 27.1. The lowest BCUT2D eigenvalue weighted by atomic mass is 10.1. The van der Waals surface area contributed by atoms with Crippen molar-refractivity contribution in [2.75, 3.05) is 12.3 Å². The summed E-state index contributed by atoms with van der Waals surface area (Å²) in [5.74, 6) is 1.44. The fourth-order valence-corrected chi connectivity index (χ4v) is 3.33. The minimum atomic E-state index is -0.503. The predicted molar refractivity (Wildman–Crippen MR) is 126 cm³/mol. The molecule has 0 atom stereocenters. The highest BCUT2D eigenvalue weighted by Crippen LogP contribution is 2.31. The molecule has 0 spiro atoms. The van der Waals surface area contributed by atoms with Crippen LogP contribution >= 0.6 is 0 Å². The fourth-order valence-electron chi connectivity index (χ4n) is 3.33. The lowest BCUT2D eigenvalue weighted by Gasteiger charge is -2.10. The van der Waals surface area contributed by atoms with E-state index in [0.717, 1.165) is 5.56 Å². The summed E-state index contributed by atoms with van der Waals surface area (Å²) in [6, 6.07) is 13.1. The zero-order valence-corrected chi connectivity index (χ0v) is 19.0. The van der Waals surface area contributed by atoms with Crippen LogP contribution in [0.3, 0.4) is 0 Å². The molecular formula is C25H23FN6O3. The molecule has 0 amide bonds. The third kappa shape index (κ3) is 5.72. The van der Waals surface area contributed by atoms with E-state index in [1.807, 2.05) is 0 Å². The maximum atomic E-state index is 14.2. The minimum Gasteiger partial charge on any atom is -0.489 e. The van der Waals surface area contributed by atoms with Gasteiger partial charge in [-0.1, -0.05) is 0 Å². The topological polar surface area (TPSA) is 132 Å². The van der Waals surface area contributed by atoms with Gasteiger partial charge in [-0.15, -0.1) is 0 Å². The summed E-state index contributed by atoms with van der Waals surface area (Å²) in [6.07, 6.45) is 3.78. The van der Waals surface area contributed by atoms with Crippen LogP contribution in [0.15, 0.2) is 54.9 Å². The largest absolute Gasteiger partial charge is 0.489 e. The summed E-state index contributed by atoms with van der Waals surface area (Å²) in [7, 11) is 0. The summed E-state index contributed by atoms with van der Waals surface area (Å²) in [5.41, 5.74) is 8.18. The van der Waals surface area contributed by atoms with Crippen molar-refractivity contribution in [2.45, 2.75) is 26.5 Å². The van der Waals surface area contributed by atoms with Crippen LogP contribution in [-0.4, -0.2) is 31.5 Å². The van der Waals surface area contributed by atoms with Crippen molar-refractivity contribution in [3.05, 3.63) is 77.6 Å². The number of rotatable bonds is 9. The van der Waals surface area contributed by atoms with Crippen LogP contribution < -0.4 is 15.2 Å². The van der Waals surface area contributed by atoms with Crippen molar-refractivity contribution in [2.24, 2.45) is 0 Å². The van der Waals surface area contributed by atoms with E-state index in [1.165, 1.54) is 16.8 Å². The van der Waals surface area contributed by atoms with E-state index in [0.29, 0.717) is 41.5 Å². The molecule has 35 heavy (non-hydrogen) atoms. The Morgan fingerprint density at radius 2 is 1.80 bits per heavy atom. The quantitative estimate of drug-likeness (QED) is 0.372. The van der Waals surface area contributed by atoms with Crippen LogP contribution in [0, 0.1) is 24.1 Å². The molecule has 0 radical (unpaired) electrons. The van der Waals surface area contributed by atoms with Crippen LogP contribution in [0.2, 0.25) is 0 Å². The third-order valence-corrected chi connectivity index (χ3v) is 5.08. The Kier molecular flexibility index (Phi) is 7.18. The fraction of sp³-hybridized carbons (Fsp3) is 0.200. The van der Waals surface area contributed by atoms with E-state index < -0.39 is 5.82 Å². The number of anilines is 1. The van der Waals surface area contributed by atoms with Gasteiger partial charge in [-0.3, -0.25) is 0 Å². The van der Waals surface area contributed by atoms with Crippen molar-refractivity contribution in [1.29, 1.82) is 5.26 Å². The maximum absolute atomic E-state index is 14.2. The number of hydrogen-bond donors (Lipinski definition) is 2. The molecule has 0 aliphatic carbocycles. The van der Waals surface area contributed by atoms with Gasteiger partial charge in [-0.2, -0.15) is 10.4 Å². The Morgan fingerprint density at radius 3 is 2.49 bits per heavy atom. The Labute approximate surface area is 201 Å². The molecule has 2 aromatic heterocycles. The van der Waals surface area contributed by atoms with E-state index >= 15 is 0 Å². The zero-order valence-electron chi connectivity index (χ0n) is 19.0. The first-order valence-corrected chi connectivity index (χ1v) is 10.8. The van der Waals surface area contributed by atoms with Crippen LogP contribution in [0.25, 0.3) is 11.3 Å². The average Bonchev–Trinajstić information content (AvgIpc) is 3.17. The molecule has 9 nitrogen and oxygen atoms in total. The Bertz CT molecular complexity index is 1350. The highest BCUT2D eigenvalue weighted by atomic mass is 19.1. The molecule has 4 aromatic rings. The van der Waals surface area contributed by atoms with Gasteiger partial charge in [0.1, 0.15) is 58.6 Å². The highest BCUT2D eigenvalue weighted by molar-refractivity contribution is 5.73. The van der Waals surface area contributed by atoms with Crippen LogP contribution in [0.4, 0.5) is 10.2 Å². The summed E-state index contributed by atoms with van der Waals surface area (Å²) >= 11 is 0. The number of aliphatic hydroxyl groups is 1. The van der Waals surface area contributed by atoms with E-state index in [9.17, 15) is 9.65 Å². The number of ether oxygens (including phenoxy) is 2. The number of nitrogen functional groups attached to an aromatic ring is 1. The second-order valence-electron chi connectivity index (χ2n) is 7.70. The van der Waals surface area contributed by atoms with E-state index in [1.54, 1.807) is 49.6 Å². The van der Waals surface area contributed by atoms with E-state index in [2.05, 4.69) is 21.1 Å². The lowest BCUT2D eigenvalue weighted by molar-refractivity contribution is 0.277. The van der Waals surface area contributed by atoms with Crippen molar-refractivity contribution in [3.63, 3.8) is 0 Å². The molecular weight excluding hydrogens is 451 g/mol. The van der Waals surface area contributed by atoms with E-state index in [-0.39, 0.29) is 30.3 Å². The van der Waals surface area contributed by atoms with Crippen molar-refractivity contribution < 1.29 is 19.0 Å². The monoisotopic (exact) mass is 474 g/mol. The van der Waals surface area contributed by atoms with E-state index in [4.69, 9.17) is 20.3 Å². The van der Waals surface area contributed by atoms with Crippen molar-refractivity contribution >= 4 is 5.82 Å². The third-order valence-electron chi connectivity index (χ3n) is 5.08. The number of aryl methyl sites for hydroxylation is 2. The molecule has 3 N–H and O–H groups in total. The standard InChI is InChI=1S/C25H23FN6O3/c1-16-29-13-17(14-30-16)15-34-21-9-19(26)10-22(11-21)35-20-5-3-18(4-6-20)24-23(12-27)25(28)32(31-24)7-2-8-33/h3-6,9-11,13-14,33H,2,7-8,15,28H2,1H3. The highest BCUT2D eigenvalue weighted by Gasteiger charge is 2.17. The first-order valence-electron chi connectivity index (χ1n) is 10.8. The molecule has 0 aliphatic rings. The number of nitrogens with zero attached hydrogens (tertiary/aromatic N) is 5. The second kappa shape index (κ2) is 10.6. The molecule has 2 aromatic carbocycles. The SMILES string of the molecule is Cc1ncc(COc2cc(F)cc(Oc3ccc(-c4nn(CCCO)c(N)c4C#N)cc3)c2)cn1. The predicted octanol–water partition coefficient (Wildman–Crippen LogP) is 4.00. The maximum Gasteiger partial charge on any atom is 0.140 e. The van der Waals surface area contributed by atoms with Crippen molar-refractivity contribution in [3.8, 4) is 34.6 Å². The van der Waals surface area contributed by atoms with Gasteiger partial charge in [0, 0.05) is 54.9 Å². The molecule has 0 fully saturated rings. The molecule has 0 aliphatic heterocycles. The molecule has 0 bridgehead atoms. The Balaban J connectivity index is 1.48. The van der Waals surface area contributed by atoms with Gasteiger partial charge in [0.05, 0.1) is 0 Å². The number of benzene rings is 2. The molecule has 0 unspecified atom stereocenters. The van der Waals surface area contributed by atoms with Crippen LogP contribution in [0.5, 0.6) is 17.2 Å². The van der Waals surface area contributed by atoms with Crippen LogP contribution in [-0.2, 0) is 13.2 Å². The van der Waals surface area contributed by atoms with Gasteiger partial charge in [0.2, 0.25) is 0 Å². The average molecular weight is 474 g/mol. The summed E-state index contributed by atoms with van der Waals surface area (Å²) in [4.78, 5) is 8.22. The number of halogens is 1. The van der Waals surface area contributed by atoms with Gasteiger partial charge in [0.15, 0.2) is 0 Å². The molecule has 0 saturated heterocycles. The van der Waals surface area contributed by atoms with Crippen molar-refractivity contribution in [1.82, 2.24) is 19.7 Å². The van der Waals surface area contributed by atoms with Gasteiger partial charge in [-0.25, -0.2) is 19.0 Å². The number of nitriles is 1. The van der Waals surface area contributed by atoms with Crippen LogP contribution in [0.1, 0.15) is 23.4 Å². The number of nitrogens with two attached hydrogens (primary N) is 1. The molecule has 4 rings (SSSR count). The number of hydrogen-bond acceptors (Lipinski definition) is 8. The smallest absolute Gasteiger partial charge is 0.140 e. The minimum absolute atomic E-state index is 0.00421. The molecule has 0 saturated carbocycles. The normalized spacial score (nSPS) is 10.7. The van der Waals surface area contributed by atoms with Gasteiger partial charge >= 0.3 is 0 Å². The summed E-state index contributed by atoms with van der Waals surface area (Å²) in [6.45, 7) is 2.37. The van der Waals surface area contributed by atoms with Gasteiger partial charge in [-0.05, 0) is 37.6 Å².